The fourth-order valence-electron chi connectivity index (χ4n) is 1.89. The zero-order valence-electron chi connectivity index (χ0n) is 9.71. The third-order valence-corrected chi connectivity index (χ3v) is 3.06. The minimum absolute atomic E-state index is 0.0108. The van der Waals surface area contributed by atoms with Gasteiger partial charge in [0.15, 0.2) is 5.78 Å². The molecule has 0 aromatic carbocycles. The van der Waals surface area contributed by atoms with Crippen LogP contribution < -0.4 is 5.32 Å². The van der Waals surface area contributed by atoms with Crippen molar-refractivity contribution in [3.8, 4) is 0 Å². The first-order valence-electron chi connectivity index (χ1n) is 5.91. The van der Waals surface area contributed by atoms with Crippen LogP contribution in [0.25, 0.3) is 0 Å². The highest BCUT2D eigenvalue weighted by molar-refractivity contribution is 5.87. The summed E-state index contributed by atoms with van der Waals surface area (Å²) in [5.41, 5.74) is 0. The van der Waals surface area contributed by atoms with Gasteiger partial charge in [0.25, 0.3) is 0 Å². The SMILES string of the molecule is CC(C)C(=O)CNC(=O)C1CCCCC1. The Hall–Kier alpha value is -0.860. The van der Waals surface area contributed by atoms with Crippen LogP contribution in [-0.4, -0.2) is 18.2 Å². The van der Waals surface area contributed by atoms with Gasteiger partial charge in [-0.2, -0.15) is 0 Å². The van der Waals surface area contributed by atoms with Crippen LogP contribution >= 0.6 is 0 Å². The van der Waals surface area contributed by atoms with E-state index in [2.05, 4.69) is 5.32 Å². The Morgan fingerprint density at radius 3 is 2.33 bits per heavy atom. The van der Waals surface area contributed by atoms with E-state index in [0.29, 0.717) is 0 Å². The van der Waals surface area contributed by atoms with E-state index in [1.54, 1.807) is 0 Å². The van der Waals surface area contributed by atoms with Gasteiger partial charge in [-0.05, 0) is 12.8 Å². The lowest BCUT2D eigenvalue weighted by Gasteiger charge is -2.20. The van der Waals surface area contributed by atoms with Gasteiger partial charge < -0.3 is 5.32 Å². The second-order valence-corrected chi connectivity index (χ2v) is 4.67. The average molecular weight is 211 g/mol. The van der Waals surface area contributed by atoms with Gasteiger partial charge in [-0.1, -0.05) is 33.1 Å². The normalized spacial score (nSPS) is 17.8. The lowest BCUT2D eigenvalue weighted by Crippen LogP contribution is -2.36. The molecule has 1 aliphatic rings. The molecule has 86 valence electrons. The van der Waals surface area contributed by atoms with E-state index in [1.807, 2.05) is 13.8 Å². The molecule has 0 unspecified atom stereocenters. The third kappa shape index (κ3) is 4.02. The first-order valence-corrected chi connectivity index (χ1v) is 5.91. The summed E-state index contributed by atoms with van der Waals surface area (Å²) in [6, 6.07) is 0. The summed E-state index contributed by atoms with van der Waals surface area (Å²) in [6.45, 7) is 3.91. The summed E-state index contributed by atoms with van der Waals surface area (Å²) in [6.07, 6.45) is 5.52. The largest absolute Gasteiger partial charge is 0.349 e. The van der Waals surface area contributed by atoms with E-state index in [-0.39, 0.29) is 30.1 Å². The first kappa shape index (κ1) is 12.2. The van der Waals surface area contributed by atoms with Gasteiger partial charge in [0, 0.05) is 11.8 Å². The molecule has 3 nitrogen and oxygen atoms in total. The van der Waals surface area contributed by atoms with Crippen LogP contribution in [0.5, 0.6) is 0 Å². The molecule has 1 saturated carbocycles. The van der Waals surface area contributed by atoms with Gasteiger partial charge in [-0.25, -0.2) is 0 Å². The van der Waals surface area contributed by atoms with Gasteiger partial charge in [0.1, 0.15) is 0 Å². The molecule has 0 bridgehead atoms. The van der Waals surface area contributed by atoms with Crippen molar-refractivity contribution in [2.45, 2.75) is 46.0 Å². The highest BCUT2D eigenvalue weighted by atomic mass is 16.2. The number of amides is 1. The molecule has 3 heteroatoms. The molecular formula is C12H21NO2. The van der Waals surface area contributed by atoms with Gasteiger partial charge >= 0.3 is 0 Å². The average Bonchev–Trinajstić information content (AvgIpc) is 2.26. The molecular weight excluding hydrogens is 190 g/mol. The molecule has 0 aromatic rings. The summed E-state index contributed by atoms with van der Waals surface area (Å²) in [5, 5.41) is 2.74. The van der Waals surface area contributed by atoms with Crippen molar-refractivity contribution >= 4 is 11.7 Å². The predicted octanol–water partition coefficient (Wildman–Crippen LogP) is 1.91. The van der Waals surface area contributed by atoms with Gasteiger partial charge in [-0.3, -0.25) is 9.59 Å². The first-order chi connectivity index (χ1) is 7.11. The summed E-state index contributed by atoms with van der Waals surface area (Å²) < 4.78 is 0. The van der Waals surface area contributed by atoms with Crippen molar-refractivity contribution in [1.82, 2.24) is 5.32 Å². The highest BCUT2D eigenvalue weighted by Crippen LogP contribution is 2.23. The monoisotopic (exact) mass is 211 g/mol. The molecule has 0 atom stereocenters. The molecule has 1 aliphatic carbocycles. The number of carbonyl (C=O) groups excluding carboxylic acids is 2. The number of ketones is 1. The fourth-order valence-corrected chi connectivity index (χ4v) is 1.89. The Morgan fingerprint density at radius 1 is 1.20 bits per heavy atom. The molecule has 1 fully saturated rings. The van der Waals surface area contributed by atoms with Crippen LogP contribution in [0.15, 0.2) is 0 Å². The molecule has 0 saturated heterocycles. The Bertz CT molecular complexity index is 230. The van der Waals surface area contributed by atoms with Crippen LogP contribution in [-0.2, 0) is 9.59 Å². The van der Waals surface area contributed by atoms with Crippen molar-refractivity contribution in [3.63, 3.8) is 0 Å². The summed E-state index contributed by atoms with van der Waals surface area (Å²) >= 11 is 0. The number of Topliss-reactive ketones (excluding diaryl/α,β-unsaturated/α-hetero) is 1. The van der Waals surface area contributed by atoms with Crippen molar-refractivity contribution in [3.05, 3.63) is 0 Å². The molecule has 0 aromatic heterocycles. The van der Waals surface area contributed by atoms with E-state index >= 15 is 0 Å². The lowest BCUT2D eigenvalue weighted by molar-refractivity contribution is -0.129. The van der Waals surface area contributed by atoms with Crippen molar-refractivity contribution in [1.29, 1.82) is 0 Å². The molecule has 0 radical (unpaired) electrons. The van der Waals surface area contributed by atoms with E-state index in [4.69, 9.17) is 0 Å². The van der Waals surface area contributed by atoms with E-state index < -0.39 is 0 Å². The molecule has 15 heavy (non-hydrogen) atoms. The van der Waals surface area contributed by atoms with Gasteiger partial charge in [-0.15, -0.1) is 0 Å². The fraction of sp³-hybridized carbons (Fsp3) is 0.833. The lowest BCUT2D eigenvalue weighted by atomic mass is 9.88. The van der Waals surface area contributed by atoms with Crippen LogP contribution in [0.4, 0.5) is 0 Å². The van der Waals surface area contributed by atoms with E-state index in [1.165, 1.54) is 6.42 Å². The molecule has 1 rings (SSSR count). The Morgan fingerprint density at radius 2 is 1.80 bits per heavy atom. The predicted molar refractivity (Wildman–Crippen MR) is 59.4 cm³/mol. The molecule has 1 amide bonds. The van der Waals surface area contributed by atoms with Crippen molar-refractivity contribution in [2.75, 3.05) is 6.54 Å². The van der Waals surface area contributed by atoms with Crippen LogP contribution in [0, 0.1) is 11.8 Å². The van der Waals surface area contributed by atoms with Crippen molar-refractivity contribution in [2.24, 2.45) is 11.8 Å². The quantitative estimate of drug-likeness (QED) is 0.772. The van der Waals surface area contributed by atoms with Crippen LogP contribution in [0.3, 0.4) is 0 Å². The maximum atomic E-state index is 11.7. The number of hydrogen-bond donors (Lipinski definition) is 1. The summed E-state index contributed by atoms with van der Waals surface area (Å²) in [5.74, 6) is 0.346. The summed E-state index contributed by atoms with van der Waals surface area (Å²) in [4.78, 5) is 23.0. The Labute approximate surface area is 91.6 Å². The minimum atomic E-state index is 0.0108. The molecule has 1 N–H and O–H groups in total. The Balaban J connectivity index is 2.26. The second-order valence-electron chi connectivity index (χ2n) is 4.67. The summed E-state index contributed by atoms with van der Waals surface area (Å²) in [7, 11) is 0. The number of carbonyl (C=O) groups is 2. The maximum Gasteiger partial charge on any atom is 0.223 e. The number of nitrogens with one attached hydrogen (secondary N) is 1. The van der Waals surface area contributed by atoms with Crippen LogP contribution in [0.2, 0.25) is 0 Å². The zero-order chi connectivity index (χ0) is 11.3. The van der Waals surface area contributed by atoms with Crippen LogP contribution in [0.1, 0.15) is 46.0 Å². The van der Waals surface area contributed by atoms with Gasteiger partial charge in [0.05, 0.1) is 6.54 Å². The molecule has 0 aliphatic heterocycles. The number of rotatable bonds is 4. The minimum Gasteiger partial charge on any atom is -0.349 e. The van der Waals surface area contributed by atoms with E-state index in [0.717, 1.165) is 25.7 Å². The Kier molecular flexibility index (Phi) is 4.79. The third-order valence-electron chi connectivity index (χ3n) is 3.06. The van der Waals surface area contributed by atoms with Crippen molar-refractivity contribution < 1.29 is 9.59 Å². The standard InChI is InChI=1S/C12H21NO2/c1-9(2)11(14)8-13-12(15)10-6-4-3-5-7-10/h9-10H,3-8H2,1-2H3,(H,13,15). The van der Waals surface area contributed by atoms with Gasteiger partial charge in [0.2, 0.25) is 5.91 Å². The smallest absolute Gasteiger partial charge is 0.223 e. The second kappa shape index (κ2) is 5.89. The zero-order valence-corrected chi connectivity index (χ0v) is 9.71. The molecule has 0 spiro atoms. The topological polar surface area (TPSA) is 46.2 Å². The van der Waals surface area contributed by atoms with E-state index in [9.17, 15) is 9.59 Å². The highest BCUT2D eigenvalue weighted by Gasteiger charge is 2.21. The number of hydrogen-bond acceptors (Lipinski definition) is 2. The maximum absolute atomic E-state index is 11.7. The molecule has 0 heterocycles.